The van der Waals surface area contributed by atoms with Gasteiger partial charge in [0.25, 0.3) is 0 Å². The second-order valence-corrected chi connectivity index (χ2v) is 5.65. The Morgan fingerprint density at radius 3 is 2.55 bits per heavy atom. The summed E-state index contributed by atoms with van der Waals surface area (Å²) in [7, 11) is 0. The molecule has 1 saturated heterocycles. The standard InChI is InChI=1S/C13H23N3O4/c1-3-9(6-10(17)18)7-15-12(20)16-5-4-13(2,8-16)11(14)19/h9H,3-8H2,1-2H3,(H2,14,19)(H,15,20)(H,17,18). The van der Waals surface area contributed by atoms with Crippen molar-refractivity contribution in [2.45, 2.75) is 33.1 Å². The van der Waals surface area contributed by atoms with Crippen LogP contribution in [0.5, 0.6) is 0 Å². The molecule has 1 aliphatic rings. The number of nitrogens with two attached hydrogens (primary N) is 1. The molecule has 1 heterocycles. The number of urea groups is 1. The fraction of sp³-hybridized carbons (Fsp3) is 0.769. The molecule has 2 unspecified atom stereocenters. The third-order valence-electron chi connectivity index (χ3n) is 3.94. The highest BCUT2D eigenvalue weighted by Gasteiger charge is 2.40. The van der Waals surface area contributed by atoms with E-state index < -0.39 is 17.3 Å². The highest BCUT2D eigenvalue weighted by Crippen LogP contribution is 2.29. The second kappa shape index (κ2) is 6.58. The molecule has 0 saturated carbocycles. The van der Waals surface area contributed by atoms with E-state index in [4.69, 9.17) is 10.8 Å². The molecule has 0 bridgehead atoms. The van der Waals surface area contributed by atoms with Crippen LogP contribution in [0.1, 0.15) is 33.1 Å². The SMILES string of the molecule is CCC(CNC(=O)N1CCC(C)(C(N)=O)C1)CC(=O)O. The van der Waals surface area contributed by atoms with Crippen molar-refractivity contribution in [1.29, 1.82) is 0 Å². The van der Waals surface area contributed by atoms with Crippen LogP contribution in [0.3, 0.4) is 0 Å². The summed E-state index contributed by atoms with van der Waals surface area (Å²) >= 11 is 0. The fourth-order valence-corrected chi connectivity index (χ4v) is 2.29. The quantitative estimate of drug-likeness (QED) is 0.655. The molecular formula is C13H23N3O4. The van der Waals surface area contributed by atoms with Gasteiger partial charge >= 0.3 is 12.0 Å². The molecule has 0 aromatic carbocycles. The van der Waals surface area contributed by atoms with E-state index in [1.165, 1.54) is 0 Å². The van der Waals surface area contributed by atoms with Gasteiger partial charge in [0.2, 0.25) is 5.91 Å². The molecule has 0 radical (unpaired) electrons. The van der Waals surface area contributed by atoms with Gasteiger partial charge < -0.3 is 21.1 Å². The van der Waals surface area contributed by atoms with E-state index in [0.717, 1.165) is 0 Å². The zero-order chi connectivity index (χ0) is 15.3. The number of likely N-dealkylation sites (tertiary alicyclic amines) is 1. The van der Waals surface area contributed by atoms with Gasteiger partial charge in [-0.15, -0.1) is 0 Å². The van der Waals surface area contributed by atoms with Crippen molar-refractivity contribution < 1.29 is 19.5 Å². The predicted octanol–water partition coefficient (Wildman–Crippen LogP) is 0.394. The van der Waals surface area contributed by atoms with Gasteiger partial charge in [-0.1, -0.05) is 13.3 Å². The summed E-state index contributed by atoms with van der Waals surface area (Å²) in [4.78, 5) is 35.5. The number of primary amides is 1. The lowest BCUT2D eigenvalue weighted by Gasteiger charge is -2.22. The number of nitrogens with zero attached hydrogens (tertiary/aromatic N) is 1. The van der Waals surface area contributed by atoms with Crippen LogP contribution in [-0.2, 0) is 9.59 Å². The Morgan fingerprint density at radius 1 is 1.45 bits per heavy atom. The maximum Gasteiger partial charge on any atom is 0.317 e. The number of rotatable bonds is 6. The molecule has 0 aromatic heterocycles. The minimum atomic E-state index is -0.867. The maximum absolute atomic E-state index is 12.0. The van der Waals surface area contributed by atoms with Gasteiger partial charge in [0.05, 0.1) is 5.41 Å². The molecule has 0 spiro atoms. The summed E-state index contributed by atoms with van der Waals surface area (Å²) in [5.74, 6) is -1.35. The first kappa shape index (κ1) is 16.3. The van der Waals surface area contributed by atoms with Gasteiger partial charge in [-0.05, 0) is 19.3 Å². The van der Waals surface area contributed by atoms with Gasteiger partial charge in [-0.2, -0.15) is 0 Å². The summed E-state index contributed by atoms with van der Waals surface area (Å²) in [6.45, 7) is 4.76. The minimum absolute atomic E-state index is 0.0375. The molecule has 0 aliphatic carbocycles. The summed E-state index contributed by atoms with van der Waals surface area (Å²) in [5, 5.41) is 11.5. The Kier molecular flexibility index (Phi) is 5.35. The van der Waals surface area contributed by atoms with Crippen molar-refractivity contribution in [3.8, 4) is 0 Å². The number of carboxylic acid groups (broad SMARTS) is 1. The predicted molar refractivity (Wildman–Crippen MR) is 72.9 cm³/mol. The Balaban J connectivity index is 2.44. The number of carbonyl (C=O) groups excluding carboxylic acids is 2. The smallest absolute Gasteiger partial charge is 0.317 e. The van der Waals surface area contributed by atoms with E-state index in [0.29, 0.717) is 32.5 Å². The van der Waals surface area contributed by atoms with E-state index in [1.807, 2.05) is 6.92 Å². The molecule has 1 fully saturated rings. The van der Waals surface area contributed by atoms with Gasteiger partial charge in [0.15, 0.2) is 0 Å². The van der Waals surface area contributed by atoms with Crippen molar-refractivity contribution in [3.05, 3.63) is 0 Å². The monoisotopic (exact) mass is 285 g/mol. The van der Waals surface area contributed by atoms with Crippen molar-refractivity contribution in [1.82, 2.24) is 10.2 Å². The van der Waals surface area contributed by atoms with Crippen LogP contribution in [0.25, 0.3) is 0 Å². The van der Waals surface area contributed by atoms with E-state index in [-0.39, 0.29) is 18.4 Å². The Bertz CT molecular complexity index is 399. The summed E-state index contributed by atoms with van der Waals surface area (Å²) in [6, 6.07) is -0.265. The second-order valence-electron chi connectivity index (χ2n) is 5.65. The van der Waals surface area contributed by atoms with Crippen LogP contribution in [0.4, 0.5) is 4.79 Å². The Hall–Kier alpha value is -1.79. The number of nitrogens with one attached hydrogen (secondary N) is 1. The van der Waals surface area contributed by atoms with E-state index in [2.05, 4.69) is 5.32 Å². The molecule has 1 rings (SSSR count). The lowest BCUT2D eigenvalue weighted by atomic mass is 9.89. The maximum atomic E-state index is 12.0. The van der Waals surface area contributed by atoms with Crippen molar-refractivity contribution >= 4 is 17.9 Å². The first-order chi connectivity index (χ1) is 9.28. The zero-order valence-corrected chi connectivity index (χ0v) is 12.0. The van der Waals surface area contributed by atoms with Crippen LogP contribution in [0.15, 0.2) is 0 Å². The molecular weight excluding hydrogens is 262 g/mol. The number of hydrogen-bond acceptors (Lipinski definition) is 3. The minimum Gasteiger partial charge on any atom is -0.481 e. The molecule has 4 N–H and O–H groups in total. The number of carbonyl (C=O) groups is 3. The normalized spacial score (nSPS) is 23.4. The summed E-state index contributed by atoms with van der Waals surface area (Å²) < 4.78 is 0. The molecule has 7 heteroatoms. The fourth-order valence-electron chi connectivity index (χ4n) is 2.29. The molecule has 3 amide bonds. The lowest BCUT2D eigenvalue weighted by molar-refractivity contribution is -0.138. The molecule has 7 nitrogen and oxygen atoms in total. The van der Waals surface area contributed by atoms with Crippen molar-refractivity contribution in [3.63, 3.8) is 0 Å². The van der Waals surface area contributed by atoms with Crippen LogP contribution in [-0.4, -0.2) is 47.5 Å². The number of amides is 3. The first-order valence-corrected chi connectivity index (χ1v) is 6.83. The largest absolute Gasteiger partial charge is 0.481 e. The van der Waals surface area contributed by atoms with Gasteiger partial charge in [-0.25, -0.2) is 4.79 Å². The molecule has 20 heavy (non-hydrogen) atoms. The summed E-state index contributed by atoms with van der Waals surface area (Å²) in [5.41, 5.74) is 4.67. The third kappa shape index (κ3) is 4.11. The molecule has 0 aromatic rings. The van der Waals surface area contributed by atoms with Crippen LogP contribution >= 0.6 is 0 Å². The molecule has 2 atom stereocenters. The van der Waals surface area contributed by atoms with Crippen LogP contribution in [0, 0.1) is 11.3 Å². The van der Waals surface area contributed by atoms with Crippen LogP contribution < -0.4 is 11.1 Å². The number of carboxylic acids is 1. The van der Waals surface area contributed by atoms with Gasteiger partial charge in [0.1, 0.15) is 0 Å². The van der Waals surface area contributed by atoms with E-state index >= 15 is 0 Å². The molecule has 114 valence electrons. The van der Waals surface area contributed by atoms with Gasteiger partial charge in [-0.3, -0.25) is 9.59 Å². The topological polar surface area (TPSA) is 113 Å². The molecule has 1 aliphatic heterocycles. The highest BCUT2D eigenvalue weighted by molar-refractivity contribution is 5.83. The van der Waals surface area contributed by atoms with Gasteiger partial charge in [0, 0.05) is 26.1 Å². The third-order valence-corrected chi connectivity index (χ3v) is 3.94. The van der Waals surface area contributed by atoms with E-state index in [1.54, 1.807) is 11.8 Å². The average molecular weight is 285 g/mol. The summed E-state index contributed by atoms with van der Waals surface area (Å²) in [6.07, 6.45) is 1.28. The van der Waals surface area contributed by atoms with Crippen molar-refractivity contribution in [2.24, 2.45) is 17.1 Å². The van der Waals surface area contributed by atoms with E-state index in [9.17, 15) is 14.4 Å². The number of aliphatic carboxylic acids is 1. The lowest BCUT2D eigenvalue weighted by Crippen LogP contribution is -2.43. The van der Waals surface area contributed by atoms with Crippen molar-refractivity contribution in [2.75, 3.05) is 19.6 Å². The Morgan fingerprint density at radius 2 is 2.10 bits per heavy atom. The zero-order valence-electron chi connectivity index (χ0n) is 12.0. The Labute approximate surface area is 118 Å². The average Bonchev–Trinajstić information content (AvgIpc) is 2.78. The van der Waals surface area contributed by atoms with Crippen LogP contribution in [0.2, 0.25) is 0 Å². The first-order valence-electron chi connectivity index (χ1n) is 6.83. The number of hydrogen-bond donors (Lipinski definition) is 3. The highest BCUT2D eigenvalue weighted by atomic mass is 16.4.